The van der Waals surface area contributed by atoms with Gasteiger partial charge in [0, 0.05) is 23.3 Å². The molecule has 0 aliphatic rings. The van der Waals surface area contributed by atoms with E-state index in [0.717, 1.165) is 16.6 Å². The molecule has 4 aromatic rings. The van der Waals surface area contributed by atoms with Crippen molar-refractivity contribution in [2.75, 3.05) is 0 Å². The largest absolute Gasteiger partial charge is 0.451 e. The van der Waals surface area contributed by atoms with Gasteiger partial charge in [-0.25, -0.2) is 15.0 Å². The Morgan fingerprint density at radius 3 is 2.62 bits per heavy atom. The Morgan fingerprint density at radius 1 is 1.15 bits per heavy atom. The molecule has 7 nitrogen and oxygen atoms in total. The van der Waals surface area contributed by atoms with Crippen LogP contribution >= 0.6 is 0 Å². The Morgan fingerprint density at radius 2 is 1.92 bits per heavy atom. The molecule has 0 fully saturated rings. The maximum atomic E-state index is 12.8. The zero-order chi connectivity index (χ0) is 18.3. The highest BCUT2D eigenvalue weighted by Gasteiger charge is 2.35. The molecule has 0 saturated heterocycles. The standard InChI is InChI=1S/C16H12F3N7/c1-9-2-3-11-12(4-9)26(7-10-5-20-8-21-6-10)25-13(11)14-22-15(24-23-14)16(17,18)19/h2-6,8H,7H2,1H3,(H,22,23,24). The predicted octanol–water partition coefficient (Wildman–Crippen LogP) is 2.99. The van der Waals surface area contributed by atoms with Crippen molar-refractivity contribution in [2.24, 2.45) is 0 Å². The Kier molecular flexibility index (Phi) is 3.67. The van der Waals surface area contributed by atoms with Gasteiger partial charge in [0.1, 0.15) is 12.0 Å². The van der Waals surface area contributed by atoms with Crippen molar-refractivity contribution in [3.05, 3.63) is 53.9 Å². The third-order valence-electron chi connectivity index (χ3n) is 3.82. The highest BCUT2D eigenvalue weighted by atomic mass is 19.4. The van der Waals surface area contributed by atoms with Gasteiger partial charge in [0.05, 0.1) is 12.1 Å². The Hall–Kier alpha value is -3.30. The SMILES string of the molecule is Cc1ccc2c(-c3n[nH]c(C(F)(F)F)n3)nn(Cc3cncnc3)c2c1. The van der Waals surface area contributed by atoms with Gasteiger partial charge in [-0.2, -0.15) is 23.4 Å². The number of halogens is 3. The van der Waals surface area contributed by atoms with E-state index in [1.807, 2.05) is 24.2 Å². The van der Waals surface area contributed by atoms with Crippen molar-refractivity contribution in [3.63, 3.8) is 0 Å². The van der Waals surface area contributed by atoms with Crippen molar-refractivity contribution in [1.82, 2.24) is 34.9 Å². The Labute approximate surface area is 144 Å². The summed E-state index contributed by atoms with van der Waals surface area (Å²) in [7, 11) is 0. The molecule has 0 atom stereocenters. The number of aromatic amines is 1. The first-order valence-electron chi connectivity index (χ1n) is 7.63. The van der Waals surface area contributed by atoms with Crippen molar-refractivity contribution < 1.29 is 13.2 Å². The smallest absolute Gasteiger partial charge is 0.260 e. The molecule has 0 radical (unpaired) electrons. The van der Waals surface area contributed by atoms with Crippen molar-refractivity contribution >= 4 is 10.9 Å². The van der Waals surface area contributed by atoms with Crippen LogP contribution in [0.3, 0.4) is 0 Å². The van der Waals surface area contributed by atoms with Crippen LogP contribution in [0.5, 0.6) is 0 Å². The second-order valence-electron chi connectivity index (χ2n) is 5.78. The van der Waals surface area contributed by atoms with Crippen LogP contribution in [0.2, 0.25) is 0 Å². The topological polar surface area (TPSA) is 85.2 Å². The third kappa shape index (κ3) is 2.89. The highest BCUT2D eigenvalue weighted by Crippen LogP contribution is 2.30. The summed E-state index contributed by atoms with van der Waals surface area (Å²) < 4.78 is 40.1. The molecule has 1 aromatic carbocycles. The molecule has 3 heterocycles. The molecule has 0 spiro atoms. The Bertz CT molecular complexity index is 1070. The average molecular weight is 359 g/mol. The van der Waals surface area contributed by atoms with Crippen LogP contribution in [0.4, 0.5) is 13.2 Å². The molecule has 0 amide bonds. The number of aryl methyl sites for hydroxylation is 1. The number of hydrogen-bond acceptors (Lipinski definition) is 5. The highest BCUT2D eigenvalue weighted by molar-refractivity contribution is 5.92. The summed E-state index contributed by atoms with van der Waals surface area (Å²) in [5.74, 6) is -1.26. The lowest BCUT2D eigenvalue weighted by Gasteiger charge is -2.03. The minimum atomic E-state index is -4.60. The number of fused-ring (bicyclic) bond motifs is 1. The summed E-state index contributed by atoms with van der Waals surface area (Å²) in [6.45, 7) is 2.30. The molecule has 10 heteroatoms. The van der Waals surface area contributed by atoms with Crippen LogP contribution in [0.1, 0.15) is 17.0 Å². The Balaban J connectivity index is 1.84. The second kappa shape index (κ2) is 5.90. The van der Waals surface area contributed by atoms with Crippen LogP contribution in [-0.4, -0.2) is 34.9 Å². The van der Waals surface area contributed by atoms with E-state index in [2.05, 4.69) is 25.1 Å². The normalized spacial score (nSPS) is 12.0. The van der Waals surface area contributed by atoms with E-state index in [0.29, 0.717) is 11.9 Å². The van der Waals surface area contributed by atoms with Crippen LogP contribution < -0.4 is 0 Å². The molecule has 0 bridgehead atoms. The van der Waals surface area contributed by atoms with Crippen molar-refractivity contribution in [1.29, 1.82) is 0 Å². The average Bonchev–Trinajstić information content (AvgIpc) is 3.21. The lowest BCUT2D eigenvalue weighted by atomic mass is 10.1. The van der Waals surface area contributed by atoms with Gasteiger partial charge in [-0.15, -0.1) is 0 Å². The number of alkyl halides is 3. The van der Waals surface area contributed by atoms with E-state index >= 15 is 0 Å². The molecule has 0 aliphatic carbocycles. The quantitative estimate of drug-likeness (QED) is 0.608. The van der Waals surface area contributed by atoms with Gasteiger partial charge in [-0.05, 0) is 18.6 Å². The summed E-state index contributed by atoms with van der Waals surface area (Å²) in [6, 6.07) is 5.57. The summed E-state index contributed by atoms with van der Waals surface area (Å²) in [4.78, 5) is 11.5. The lowest BCUT2D eigenvalue weighted by Crippen LogP contribution is -2.07. The summed E-state index contributed by atoms with van der Waals surface area (Å²) >= 11 is 0. The zero-order valence-corrected chi connectivity index (χ0v) is 13.5. The summed E-state index contributed by atoms with van der Waals surface area (Å²) in [5, 5.41) is 10.7. The van der Waals surface area contributed by atoms with E-state index in [4.69, 9.17) is 0 Å². The van der Waals surface area contributed by atoms with Crippen molar-refractivity contribution in [2.45, 2.75) is 19.6 Å². The number of nitrogens with zero attached hydrogens (tertiary/aromatic N) is 6. The number of hydrogen-bond donors (Lipinski definition) is 1. The minimum absolute atomic E-state index is 0.103. The molecule has 0 unspecified atom stereocenters. The molecule has 1 N–H and O–H groups in total. The summed E-state index contributed by atoms with van der Waals surface area (Å²) in [5.41, 5.74) is 2.86. The molecule has 0 saturated carbocycles. The maximum absolute atomic E-state index is 12.8. The zero-order valence-electron chi connectivity index (χ0n) is 13.5. The van der Waals surface area contributed by atoms with Gasteiger partial charge in [0.25, 0.3) is 0 Å². The lowest BCUT2D eigenvalue weighted by molar-refractivity contribution is -0.144. The van der Waals surface area contributed by atoms with Crippen LogP contribution in [0.25, 0.3) is 22.4 Å². The molecular formula is C16H12F3N7. The van der Waals surface area contributed by atoms with Crippen LogP contribution in [0, 0.1) is 6.92 Å². The van der Waals surface area contributed by atoms with E-state index < -0.39 is 12.0 Å². The van der Waals surface area contributed by atoms with E-state index in [1.165, 1.54) is 6.33 Å². The third-order valence-corrected chi connectivity index (χ3v) is 3.82. The first kappa shape index (κ1) is 16.2. The predicted molar refractivity (Wildman–Crippen MR) is 86.0 cm³/mol. The van der Waals surface area contributed by atoms with Gasteiger partial charge >= 0.3 is 6.18 Å². The number of benzene rings is 1. The maximum Gasteiger partial charge on any atom is 0.451 e. The fraction of sp³-hybridized carbons (Fsp3) is 0.188. The minimum Gasteiger partial charge on any atom is -0.260 e. The molecule has 3 aromatic heterocycles. The van der Waals surface area contributed by atoms with E-state index in [1.54, 1.807) is 23.1 Å². The second-order valence-corrected chi connectivity index (χ2v) is 5.78. The molecule has 0 aliphatic heterocycles. The number of nitrogens with one attached hydrogen (secondary N) is 1. The molecule has 132 valence electrons. The first-order chi connectivity index (χ1) is 12.4. The van der Waals surface area contributed by atoms with Crippen LogP contribution in [0.15, 0.2) is 36.9 Å². The van der Waals surface area contributed by atoms with E-state index in [-0.39, 0.29) is 11.5 Å². The van der Waals surface area contributed by atoms with E-state index in [9.17, 15) is 13.2 Å². The van der Waals surface area contributed by atoms with Crippen LogP contribution in [-0.2, 0) is 12.7 Å². The number of H-pyrrole nitrogens is 1. The molecule has 4 rings (SSSR count). The monoisotopic (exact) mass is 359 g/mol. The molecular weight excluding hydrogens is 347 g/mol. The summed E-state index contributed by atoms with van der Waals surface area (Å²) in [6.07, 6.45) is 0.142. The number of aromatic nitrogens is 7. The first-order valence-corrected chi connectivity index (χ1v) is 7.63. The van der Waals surface area contributed by atoms with Gasteiger partial charge in [0.2, 0.25) is 11.6 Å². The van der Waals surface area contributed by atoms with Gasteiger partial charge < -0.3 is 0 Å². The van der Waals surface area contributed by atoms with Crippen molar-refractivity contribution in [3.8, 4) is 11.5 Å². The van der Waals surface area contributed by atoms with Gasteiger partial charge in [0.15, 0.2) is 0 Å². The number of rotatable bonds is 3. The fourth-order valence-electron chi connectivity index (χ4n) is 2.65. The van der Waals surface area contributed by atoms with Gasteiger partial charge in [-0.1, -0.05) is 12.1 Å². The molecule has 26 heavy (non-hydrogen) atoms. The van der Waals surface area contributed by atoms with Gasteiger partial charge in [-0.3, -0.25) is 9.78 Å². The fourth-order valence-corrected chi connectivity index (χ4v) is 2.65.